The molecule has 1 rings (SSSR count). The normalized spacial score (nSPS) is 12.6. The fraction of sp³-hybridized carbons (Fsp3) is 0.300. The molecule has 0 aromatic heterocycles. The van der Waals surface area contributed by atoms with Crippen molar-refractivity contribution in [3.63, 3.8) is 0 Å². The topological polar surface area (TPSA) is 43.1 Å². The SMILES string of the molecule is Cc1c(F)cc(C(=O)C(C)N)cc1Cl. The Balaban J connectivity index is 3.19. The Morgan fingerprint density at radius 3 is 2.57 bits per heavy atom. The summed E-state index contributed by atoms with van der Waals surface area (Å²) in [7, 11) is 0. The van der Waals surface area contributed by atoms with Crippen LogP contribution in [0.3, 0.4) is 0 Å². The Morgan fingerprint density at radius 2 is 2.14 bits per heavy atom. The first-order valence-electron chi connectivity index (χ1n) is 4.19. The molecule has 0 bridgehead atoms. The summed E-state index contributed by atoms with van der Waals surface area (Å²) in [4.78, 5) is 11.4. The van der Waals surface area contributed by atoms with Crippen LogP contribution in [-0.2, 0) is 0 Å². The Hall–Kier alpha value is -0.930. The molecule has 1 aromatic rings. The summed E-state index contributed by atoms with van der Waals surface area (Å²) in [6, 6.07) is 1.95. The largest absolute Gasteiger partial charge is 0.321 e. The second-order valence-corrected chi connectivity index (χ2v) is 3.63. The number of benzene rings is 1. The van der Waals surface area contributed by atoms with E-state index in [9.17, 15) is 9.18 Å². The molecule has 76 valence electrons. The highest BCUT2D eigenvalue weighted by Gasteiger charge is 2.14. The van der Waals surface area contributed by atoms with E-state index in [1.807, 2.05) is 0 Å². The molecule has 0 aliphatic rings. The summed E-state index contributed by atoms with van der Waals surface area (Å²) in [5.74, 6) is -0.799. The number of nitrogens with two attached hydrogens (primary N) is 1. The third kappa shape index (κ3) is 2.11. The summed E-state index contributed by atoms with van der Waals surface area (Å²) in [6.45, 7) is 3.10. The number of rotatable bonds is 2. The number of hydrogen-bond acceptors (Lipinski definition) is 2. The molecule has 0 saturated heterocycles. The minimum atomic E-state index is -0.645. The lowest BCUT2D eigenvalue weighted by Gasteiger charge is -2.07. The highest BCUT2D eigenvalue weighted by atomic mass is 35.5. The maximum atomic E-state index is 13.2. The molecular formula is C10H11ClFNO. The predicted molar refractivity (Wildman–Crippen MR) is 54.1 cm³/mol. The van der Waals surface area contributed by atoms with Crippen molar-refractivity contribution in [3.8, 4) is 0 Å². The number of ketones is 1. The fourth-order valence-corrected chi connectivity index (χ4v) is 1.26. The Labute approximate surface area is 86.9 Å². The number of carbonyl (C=O) groups is 1. The Kier molecular flexibility index (Phi) is 3.24. The average Bonchev–Trinajstić information content (AvgIpc) is 2.12. The van der Waals surface area contributed by atoms with Gasteiger partial charge in [0.2, 0.25) is 0 Å². The van der Waals surface area contributed by atoms with Gasteiger partial charge in [0.25, 0.3) is 0 Å². The monoisotopic (exact) mass is 215 g/mol. The van der Waals surface area contributed by atoms with Gasteiger partial charge in [-0.2, -0.15) is 0 Å². The molecule has 0 aliphatic heterocycles. The second-order valence-electron chi connectivity index (χ2n) is 3.22. The first kappa shape index (κ1) is 11.1. The van der Waals surface area contributed by atoms with Crippen LogP contribution in [0, 0.1) is 12.7 Å². The van der Waals surface area contributed by atoms with Gasteiger partial charge in [0.15, 0.2) is 5.78 Å². The van der Waals surface area contributed by atoms with E-state index in [4.69, 9.17) is 17.3 Å². The molecular weight excluding hydrogens is 205 g/mol. The summed E-state index contributed by atoms with van der Waals surface area (Å²) in [5, 5.41) is 0.244. The quantitative estimate of drug-likeness (QED) is 0.770. The van der Waals surface area contributed by atoms with Crippen molar-refractivity contribution >= 4 is 17.4 Å². The van der Waals surface area contributed by atoms with Crippen molar-refractivity contribution < 1.29 is 9.18 Å². The van der Waals surface area contributed by atoms with Crippen molar-refractivity contribution in [3.05, 3.63) is 34.1 Å². The fourth-order valence-electron chi connectivity index (χ4n) is 1.05. The van der Waals surface area contributed by atoms with Gasteiger partial charge in [0, 0.05) is 16.1 Å². The molecule has 0 amide bonds. The molecule has 4 heteroatoms. The van der Waals surface area contributed by atoms with Crippen LogP contribution in [0.4, 0.5) is 4.39 Å². The van der Waals surface area contributed by atoms with Crippen LogP contribution in [0.15, 0.2) is 12.1 Å². The third-order valence-electron chi connectivity index (χ3n) is 1.98. The lowest BCUT2D eigenvalue weighted by molar-refractivity contribution is 0.0967. The van der Waals surface area contributed by atoms with E-state index in [2.05, 4.69) is 0 Å². The highest BCUT2D eigenvalue weighted by molar-refractivity contribution is 6.31. The molecule has 1 atom stereocenters. The van der Waals surface area contributed by atoms with E-state index in [1.165, 1.54) is 6.07 Å². The second kappa shape index (κ2) is 4.07. The lowest BCUT2D eigenvalue weighted by Crippen LogP contribution is -2.26. The molecule has 0 radical (unpaired) electrons. The molecule has 1 unspecified atom stereocenters. The van der Waals surface area contributed by atoms with E-state index in [0.717, 1.165) is 6.07 Å². The Bertz CT molecular complexity index is 353. The molecule has 1 aromatic carbocycles. The van der Waals surface area contributed by atoms with Crippen LogP contribution in [0.25, 0.3) is 0 Å². The van der Waals surface area contributed by atoms with Gasteiger partial charge in [0.05, 0.1) is 6.04 Å². The standard InChI is InChI=1S/C10H11ClFNO/c1-5-8(11)3-7(4-9(5)12)10(14)6(2)13/h3-4,6H,13H2,1-2H3. The van der Waals surface area contributed by atoms with E-state index in [0.29, 0.717) is 5.56 Å². The zero-order valence-electron chi connectivity index (χ0n) is 7.97. The van der Waals surface area contributed by atoms with E-state index in [1.54, 1.807) is 13.8 Å². The summed E-state index contributed by atoms with van der Waals surface area (Å²) in [6.07, 6.45) is 0. The number of hydrogen-bond donors (Lipinski definition) is 1. The first-order valence-corrected chi connectivity index (χ1v) is 4.56. The predicted octanol–water partition coefficient (Wildman–Crippen LogP) is 2.32. The van der Waals surface area contributed by atoms with Crippen LogP contribution >= 0.6 is 11.6 Å². The smallest absolute Gasteiger partial charge is 0.179 e. The average molecular weight is 216 g/mol. The van der Waals surface area contributed by atoms with Gasteiger partial charge in [-0.15, -0.1) is 0 Å². The summed E-state index contributed by atoms with van der Waals surface area (Å²) >= 11 is 5.73. The van der Waals surface area contributed by atoms with Gasteiger partial charge in [-0.05, 0) is 26.0 Å². The van der Waals surface area contributed by atoms with Crippen LogP contribution in [0.5, 0.6) is 0 Å². The van der Waals surface area contributed by atoms with Gasteiger partial charge in [-0.3, -0.25) is 4.79 Å². The molecule has 0 saturated carbocycles. The maximum Gasteiger partial charge on any atom is 0.179 e. The van der Waals surface area contributed by atoms with E-state index < -0.39 is 11.9 Å². The van der Waals surface area contributed by atoms with Gasteiger partial charge >= 0.3 is 0 Å². The summed E-state index contributed by atoms with van der Waals surface area (Å²) < 4.78 is 13.2. The highest BCUT2D eigenvalue weighted by Crippen LogP contribution is 2.21. The number of carbonyl (C=O) groups excluding carboxylic acids is 1. The maximum absolute atomic E-state index is 13.2. The summed E-state index contributed by atoms with van der Waals surface area (Å²) in [5.41, 5.74) is 5.95. The molecule has 0 fully saturated rings. The van der Waals surface area contributed by atoms with Crippen molar-refractivity contribution in [2.75, 3.05) is 0 Å². The molecule has 0 heterocycles. The van der Waals surface area contributed by atoms with Gasteiger partial charge < -0.3 is 5.73 Å². The van der Waals surface area contributed by atoms with Crippen molar-refractivity contribution in [1.29, 1.82) is 0 Å². The van der Waals surface area contributed by atoms with Crippen LogP contribution < -0.4 is 5.73 Å². The molecule has 0 spiro atoms. The van der Waals surface area contributed by atoms with E-state index in [-0.39, 0.29) is 16.4 Å². The van der Waals surface area contributed by atoms with Crippen LogP contribution in [0.2, 0.25) is 5.02 Å². The molecule has 0 aliphatic carbocycles. The lowest BCUT2D eigenvalue weighted by atomic mass is 10.0. The number of halogens is 2. The van der Waals surface area contributed by atoms with Crippen molar-refractivity contribution in [1.82, 2.24) is 0 Å². The minimum absolute atomic E-state index is 0.216. The van der Waals surface area contributed by atoms with Crippen molar-refractivity contribution in [2.45, 2.75) is 19.9 Å². The molecule has 2 nitrogen and oxygen atoms in total. The minimum Gasteiger partial charge on any atom is -0.321 e. The first-order chi connectivity index (χ1) is 6.43. The van der Waals surface area contributed by atoms with E-state index >= 15 is 0 Å². The van der Waals surface area contributed by atoms with Crippen LogP contribution in [0.1, 0.15) is 22.8 Å². The Morgan fingerprint density at radius 1 is 1.57 bits per heavy atom. The third-order valence-corrected chi connectivity index (χ3v) is 2.37. The molecule has 2 N–H and O–H groups in total. The zero-order valence-corrected chi connectivity index (χ0v) is 8.73. The molecule has 14 heavy (non-hydrogen) atoms. The zero-order chi connectivity index (χ0) is 10.9. The van der Waals surface area contributed by atoms with Gasteiger partial charge in [-0.1, -0.05) is 11.6 Å². The number of Topliss-reactive ketones (excluding diaryl/α,β-unsaturated/α-hetero) is 1. The van der Waals surface area contributed by atoms with Gasteiger partial charge in [0.1, 0.15) is 5.82 Å². The van der Waals surface area contributed by atoms with Crippen LogP contribution in [-0.4, -0.2) is 11.8 Å². The van der Waals surface area contributed by atoms with Crippen molar-refractivity contribution in [2.24, 2.45) is 5.73 Å². The van der Waals surface area contributed by atoms with Gasteiger partial charge in [-0.25, -0.2) is 4.39 Å².